The number of rotatable bonds is 7. The predicted molar refractivity (Wildman–Crippen MR) is 130 cm³/mol. The number of nitrogens with zero attached hydrogens (tertiary/aromatic N) is 1. The number of aliphatic hydroxyl groups is 1. The van der Waals surface area contributed by atoms with Gasteiger partial charge in [0.15, 0.2) is 0 Å². The van der Waals surface area contributed by atoms with E-state index in [1.54, 1.807) is 0 Å². The van der Waals surface area contributed by atoms with Crippen LogP contribution in [0, 0.1) is 11.7 Å². The van der Waals surface area contributed by atoms with Gasteiger partial charge >= 0.3 is 12.4 Å². The molecule has 3 atom stereocenters. The van der Waals surface area contributed by atoms with Gasteiger partial charge in [-0.15, -0.1) is 0 Å². The van der Waals surface area contributed by atoms with Crippen LogP contribution in [0.2, 0.25) is 0 Å². The molecule has 2 aliphatic rings. The molecule has 40 heavy (non-hydrogen) atoms. The van der Waals surface area contributed by atoms with E-state index in [2.05, 4.69) is 0 Å². The van der Waals surface area contributed by atoms with Crippen molar-refractivity contribution in [3.05, 3.63) is 59.4 Å². The molecule has 0 radical (unpaired) electrons. The van der Waals surface area contributed by atoms with Crippen LogP contribution in [0.15, 0.2) is 47.4 Å². The molecule has 0 amide bonds. The van der Waals surface area contributed by atoms with Crippen LogP contribution in [0.25, 0.3) is 0 Å². The van der Waals surface area contributed by atoms with E-state index in [-0.39, 0.29) is 59.6 Å². The Bertz CT molecular complexity index is 1350. The molecule has 2 aromatic carbocycles. The Morgan fingerprint density at radius 3 is 2.12 bits per heavy atom. The molecular weight excluding hydrogens is 569 g/mol. The molecule has 6 nitrogen and oxygen atoms in total. The zero-order valence-electron chi connectivity index (χ0n) is 21.0. The van der Waals surface area contributed by atoms with Gasteiger partial charge in [-0.25, -0.2) is 12.8 Å². The monoisotopic (exact) mass is 596 g/mol. The average Bonchev–Trinajstić information content (AvgIpc) is 3.25. The van der Waals surface area contributed by atoms with Crippen LogP contribution in [0.4, 0.5) is 36.4 Å². The van der Waals surface area contributed by atoms with Gasteiger partial charge in [0.05, 0.1) is 16.6 Å². The van der Waals surface area contributed by atoms with Crippen molar-refractivity contribution in [1.29, 1.82) is 0 Å². The van der Waals surface area contributed by atoms with Crippen LogP contribution < -0.4 is 10.0 Å². The molecule has 2 aromatic rings. The lowest BCUT2D eigenvalue weighted by Crippen LogP contribution is -2.54. The van der Waals surface area contributed by atoms with Crippen LogP contribution in [-0.4, -0.2) is 43.7 Å². The number of fused-ring (bicyclic) bond motifs is 1. The molecule has 0 saturated heterocycles. The topological polar surface area (TPSA) is 101 Å². The zero-order chi connectivity index (χ0) is 29.7. The number of aryl methyl sites for hydroxylation is 1. The van der Waals surface area contributed by atoms with Gasteiger partial charge in [0.2, 0.25) is 0 Å². The van der Waals surface area contributed by atoms with Crippen molar-refractivity contribution in [2.45, 2.75) is 79.9 Å². The summed E-state index contributed by atoms with van der Waals surface area (Å²) in [7, 11) is -4.54. The number of carbonyl (C=O) groups excluding carboxylic acids is 1. The molecule has 0 aromatic heterocycles. The number of hydrogen-bond acceptors (Lipinski definition) is 5. The Morgan fingerprint density at radius 1 is 0.950 bits per heavy atom. The van der Waals surface area contributed by atoms with Gasteiger partial charge in [-0.1, -0.05) is 12.1 Å². The second-order valence-corrected chi connectivity index (χ2v) is 12.2. The summed E-state index contributed by atoms with van der Waals surface area (Å²) in [6, 6.07) is 4.31. The minimum Gasteiger partial charge on any atom is -0.369 e. The molecule has 1 saturated carbocycles. The number of nitrogens with two attached hydrogens (primary N) is 1. The lowest BCUT2D eigenvalue weighted by atomic mass is 9.87. The smallest absolute Gasteiger partial charge is 0.369 e. The predicted octanol–water partition coefficient (Wildman–Crippen LogP) is 5.12. The van der Waals surface area contributed by atoms with E-state index in [0.29, 0.717) is 18.6 Å². The number of Topliss-reactive ketones (excluding diaryl/α,β-unsaturated/α-hetero) is 1. The molecular formula is C26H27F7N2O4S. The first-order valence-corrected chi connectivity index (χ1v) is 14.0. The lowest BCUT2D eigenvalue weighted by Gasteiger charge is -2.39. The van der Waals surface area contributed by atoms with Crippen molar-refractivity contribution in [2.75, 3.05) is 4.31 Å². The molecule has 1 fully saturated rings. The summed E-state index contributed by atoms with van der Waals surface area (Å²) in [6.07, 6.45) is -10.4. The minimum absolute atomic E-state index is 0.0315. The van der Waals surface area contributed by atoms with Crippen molar-refractivity contribution >= 4 is 21.5 Å². The third-order valence-corrected chi connectivity index (χ3v) is 9.45. The molecule has 0 spiro atoms. The highest BCUT2D eigenvalue weighted by Gasteiger charge is 2.71. The first-order valence-electron chi connectivity index (χ1n) is 12.5. The summed E-state index contributed by atoms with van der Waals surface area (Å²) in [5, 5.41) is 9.84. The van der Waals surface area contributed by atoms with E-state index in [1.165, 1.54) is 0 Å². The van der Waals surface area contributed by atoms with Gasteiger partial charge in [-0.3, -0.25) is 9.10 Å². The number of carbonyl (C=O) groups is 1. The van der Waals surface area contributed by atoms with Crippen molar-refractivity contribution in [2.24, 2.45) is 11.7 Å². The second kappa shape index (κ2) is 10.6. The normalized spacial score (nSPS) is 22.3. The van der Waals surface area contributed by atoms with E-state index in [4.69, 9.17) is 5.73 Å². The lowest BCUT2D eigenvalue weighted by molar-refractivity contribution is -0.376. The summed E-state index contributed by atoms with van der Waals surface area (Å²) in [5.41, 5.74) is -1.23. The SMILES string of the molecule is N[C@@H]1CC[C@@H](CC(=O)C[C@@H]2CCc3cc(C(O)(C(F)(F)F)C(F)(F)F)ccc3N2S(=O)(=O)c2ccc(F)cc2)C1. The molecule has 4 rings (SSSR count). The number of anilines is 1. The minimum atomic E-state index is -6.12. The zero-order valence-corrected chi connectivity index (χ0v) is 21.8. The van der Waals surface area contributed by atoms with E-state index in [1.807, 2.05) is 0 Å². The maximum Gasteiger partial charge on any atom is 0.430 e. The third-order valence-electron chi connectivity index (χ3n) is 7.57. The average molecular weight is 597 g/mol. The van der Waals surface area contributed by atoms with E-state index < -0.39 is 45.4 Å². The number of benzene rings is 2. The van der Waals surface area contributed by atoms with Crippen LogP contribution in [0.5, 0.6) is 0 Å². The number of sulfonamides is 1. The molecule has 1 aliphatic heterocycles. The van der Waals surface area contributed by atoms with Gasteiger partial charge in [0, 0.05) is 24.4 Å². The summed E-state index contributed by atoms with van der Waals surface area (Å²) >= 11 is 0. The van der Waals surface area contributed by atoms with Gasteiger partial charge in [-0.2, -0.15) is 26.3 Å². The molecule has 0 unspecified atom stereocenters. The van der Waals surface area contributed by atoms with Crippen LogP contribution in [0.1, 0.15) is 49.7 Å². The van der Waals surface area contributed by atoms with Crippen molar-refractivity contribution in [3.63, 3.8) is 0 Å². The van der Waals surface area contributed by atoms with Crippen molar-refractivity contribution < 1.29 is 49.1 Å². The Labute approximate surface area is 226 Å². The number of hydrogen-bond donors (Lipinski definition) is 2. The fourth-order valence-electron chi connectivity index (χ4n) is 5.55. The number of halogens is 7. The largest absolute Gasteiger partial charge is 0.430 e. The summed E-state index contributed by atoms with van der Waals surface area (Å²) in [6.45, 7) is 0. The highest BCUT2D eigenvalue weighted by atomic mass is 32.2. The second-order valence-electron chi connectivity index (χ2n) is 10.4. The van der Waals surface area contributed by atoms with Crippen molar-refractivity contribution in [1.82, 2.24) is 0 Å². The first kappa shape index (κ1) is 30.3. The maximum atomic E-state index is 13.7. The van der Waals surface area contributed by atoms with E-state index >= 15 is 0 Å². The van der Waals surface area contributed by atoms with Crippen LogP contribution in [-0.2, 0) is 26.8 Å². The Hall–Kier alpha value is -2.71. The number of alkyl halides is 6. The van der Waals surface area contributed by atoms with Gasteiger partial charge in [-0.05, 0) is 73.9 Å². The molecule has 3 N–H and O–H groups in total. The molecule has 0 bridgehead atoms. The molecule has 1 aliphatic carbocycles. The standard InChI is InChI=1S/C26H27F7N2O4S/c27-18-4-8-22(9-5-18)40(38,39)35-20(14-21(36)12-15-1-6-19(34)11-15)7-2-16-13-17(3-10-23(16)35)24(37,25(28,29)30)26(31,32)33/h3-5,8-10,13,15,19-20,37H,1-2,6-7,11-12,14,34H2/t15-,19-,20+/m1/s1. The highest BCUT2D eigenvalue weighted by Crippen LogP contribution is 2.51. The van der Waals surface area contributed by atoms with Crippen LogP contribution >= 0.6 is 0 Å². The van der Waals surface area contributed by atoms with Crippen molar-refractivity contribution in [3.8, 4) is 0 Å². The highest BCUT2D eigenvalue weighted by molar-refractivity contribution is 7.92. The Kier molecular flexibility index (Phi) is 8.02. The fourth-order valence-corrected chi connectivity index (χ4v) is 7.26. The molecule has 14 heteroatoms. The van der Waals surface area contributed by atoms with Gasteiger partial charge in [0.25, 0.3) is 15.6 Å². The Morgan fingerprint density at radius 2 is 1.57 bits per heavy atom. The number of ketones is 1. The maximum absolute atomic E-state index is 13.7. The van der Waals surface area contributed by atoms with Gasteiger partial charge in [0.1, 0.15) is 11.6 Å². The quantitative estimate of drug-likeness (QED) is 0.432. The van der Waals surface area contributed by atoms with Gasteiger partial charge < -0.3 is 10.8 Å². The summed E-state index contributed by atoms with van der Waals surface area (Å²) < 4.78 is 123. The third kappa shape index (κ3) is 5.57. The van der Waals surface area contributed by atoms with E-state index in [9.17, 15) is 49.1 Å². The first-order chi connectivity index (χ1) is 18.4. The summed E-state index contributed by atoms with van der Waals surface area (Å²) in [4.78, 5) is 12.6. The van der Waals surface area contributed by atoms with E-state index in [0.717, 1.165) is 47.5 Å². The molecule has 220 valence electrons. The van der Waals surface area contributed by atoms with Crippen LogP contribution in [0.3, 0.4) is 0 Å². The summed E-state index contributed by atoms with van der Waals surface area (Å²) in [5.74, 6) is -0.958. The fraction of sp³-hybridized carbons (Fsp3) is 0.500. The Balaban J connectivity index is 1.76. The molecule has 1 heterocycles.